The first-order valence-electron chi connectivity index (χ1n) is 11.2. The normalized spacial score (nSPS) is 24.4. The van der Waals surface area contributed by atoms with Crippen molar-refractivity contribution in [1.29, 1.82) is 0 Å². The van der Waals surface area contributed by atoms with Gasteiger partial charge >= 0.3 is 13.2 Å². The molecular weight excluding hydrogens is 393 g/mol. The van der Waals surface area contributed by atoms with Crippen molar-refractivity contribution in [3.8, 4) is 0 Å². The third-order valence-electron chi connectivity index (χ3n) is 6.46. The number of alkyl carbamates (subject to hydrolysis) is 1. The Morgan fingerprint density at radius 1 is 1.26 bits per heavy atom. The minimum absolute atomic E-state index is 0.203. The van der Waals surface area contributed by atoms with Crippen molar-refractivity contribution in [2.75, 3.05) is 0 Å². The molecule has 2 aromatic rings. The van der Waals surface area contributed by atoms with E-state index in [1.807, 2.05) is 32.9 Å². The van der Waals surface area contributed by atoms with Gasteiger partial charge in [0.2, 0.25) is 0 Å². The lowest BCUT2D eigenvalue weighted by molar-refractivity contribution is 0.00578. The summed E-state index contributed by atoms with van der Waals surface area (Å²) in [6.07, 6.45) is 2.48. The van der Waals surface area contributed by atoms with Crippen LogP contribution in [-0.4, -0.2) is 46.0 Å². The van der Waals surface area contributed by atoms with Gasteiger partial charge in [-0.05, 0) is 84.8 Å². The van der Waals surface area contributed by atoms with Gasteiger partial charge in [0.05, 0.1) is 22.2 Å². The van der Waals surface area contributed by atoms with Gasteiger partial charge in [0.25, 0.3) is 0 Å². The summed E-state index contributed by atoms with van der Waals surface area (Å²) in [4.78, 5) is 20.1. The zero-order valence-corrected chi connectivity index (χ0v) is 19.7. The lowest BCUT2D eigenvalue weighted by Crippen LogP contribution is -2.41. The van der Waals surface area contributed by atoms with Crippen molar-refractivity contribution in [1.82, 2.24) is 15.3 Å². The van der Waals surface area contributed by atoms with E-state index in [0.717, 1.165) is 41.6 Å². The number of nitrogens with zero attached hydrogens (tertiary/aromatic N) is 1. The molecule has 7 nitrogen and oxygen atoms in total. The third kappa shape index (κ3) is 4.90. The Morgan fingerprint density at radius 3 is 2.58 bits per heavy atom. The fourth-order valence-electron chi connectivity index (χ4n) is 3.85. The first-order chi connectivity index (χ1) is 14.3. The average Bonchev–Trinajstić information content (AvgIpc) is 3.13. The van der Waals surface area contributed by atoms with Crippen molar-refractivity contribution >= 4 is 29.7 Å². The molecule has 2 unspecified atom stereocenters. The topological polar surface area (TPSA) is 85.5 Å². The monoisotopic (exact) mass is 427 g/mol. The number of rotatable bonds is 5. The Labute approximate surface area is 184 Å². The summed E-state index contributed by atoms with van der Waals surface area (Å²) in [5.41, 5.74) is 1.72. The SMILES string of the molecule is CC(C)(C)OC(=O)NC1CC1CCc1nc2ccc(B3OC(C)(C)C(C)(C)O3)cc2[nH]1. The number of aryl methyl sites for hydroxylation is 1. The third-order valence-corrected chi connectivity index (χ3v) is 6.46. The predicted molar refractivity (Wildman–Crippen MR) is 121 cm³/mol. The van der Waals surface area contributed by atoms with Gasteiger partial charge in [0.1, 0.15) is 11.4 Å². The molecular formula is C23H34BN3O4. The highest BCUT2D eigenvalue weighted by Crippen LogP contribution is 2.37. The molecule has 2 atom stereocenters. The number of amides is 1. The Bertz CT molecular complexity index is 963. The Morgan fingerprint density at radius 2 is 1.94 bits per heavy atom. The molecule has 2 N–H and O–H groups in total. The second-order valence-electron chi connectivity index (χ2n) is 10.8. The number of aromatic nitrogens is 2. The van der Waals surface area contributed by atoms with Gasteiger partial charge < -0.3 is 24.3 Å². The van der Waals surface area contributed by atoms with Crippen molar-refractivity contribution < 1.29 is 18.8 Å². The molecule has 1 aliphatic carbocycles. The molecule has 1 saturated carbocycles. The number of fused-ring (bicyclic) bond motifs is 1. The van der Waals surface area contributed by atoms with Crippen LogP contribution in [0.2, 0.25) is 0 Å². The largest absolute Gasteiger partial charge is 0.494 e. The highest BCUT2D eigenvalue weighted by atomic mass is 16.7. The van der Waals surface area contributed by atoms with Gasteiger partial charge in [-0.1, -0.05) is 6.07 Å². The minimum atomic E-state index is -0.471. The van der Waals surface area contributed by atoms with E-state index in [1.165, 1.54) is 0 Å². The Balaban J connectivity index is 1.33. The fourth-order valence-corrected chi connectivity index (χ4v) is 3.85. The molecule has 0 radical (unpaired) electrons. The fraction of sp³-hybridized carbons (Fsp3) is 0.652. The summed E-state index contributed by atoms with van der Waals surface area (Å²) in [6, 6.07) is 6.31. The maximum absolute atomic E-state index is 11.9. The van der Waals surface area contributed by atoms with Crippen molar-refractivity contribution in [2.45, 2.75) is 90.6 Å². The zero-order valence-electron chi connectivity index (χ0n) is 19.7. The second kappa shape index (κ2) is 7.52. The molecule has 2 fully saturated rings. The molecule has 1 aliphatic heterocycles. The molecule has 168 valence electrons. The number of H-pyrrole nitrogens is 1. The number of nitrogens with one attached hydrogen (secondary N) is 2. The predicted octanol–water partition coefficient (Wildman–Crippen LogP) is 3.71. The lowest BCUT2D eigenvalue weighted by atomic mass is 9.79. The number of aromatic amines is 1. The molecule has 8 heteroatoms. The van der Waals surface area contributed by atoms with Crippen molar-refractivity contribution in [2.24, 2.45) is 5.92 Å². The van der Waals surface area contributed by atoms with Crippen LogP contribution in [0.3, 0.4) is 0 Å². The van der Waals surface area contributed by atoms with Crippen LogP contribution in [0.5, 0.6) is 0 Å². The number of carbonyl (C=O) groups excluding carboxylic acids is 1. The molecule has 2 heterocycles. The van der Waals surface area contributed by atoms with E-state index in [0.29, 0.717) is 5.92 Å². The van der Waals surface area contributed by atoms with Crippen LogP contribution >= 0.6 is 0 Å². The van der Waals surface area contributed by atoms with E-state index in [9.17, 15) is 4.79 Å². The quantitative estimate of drug-likeness (QED) is 0.711. The van der Waals surface area contributed by atoms with E-state index in [-0.39, 0.29) is 30.5 Å². The summed E-state index contributed by atoms with van der Waals surface area (Å²) in [5.74, 6) is 1.44. The highest BCUT2D eigenvalue weighted by Gasteiger charge is 2.51. The van der Waals surface area contributed by atoms with Gasteiger partial charge in [-0.3, -0.25) is 0 Å². The van der Waals surface area contributed by atoms with Gasteiger partial charge in [-0.2, -0.15) is 0 Å². The molecule has 1 saturated heterocycles. The van der Waals surface area contributed by atoms with Crippen molar-refractivity contribution in [3.63, 3.8) is 0 Å². The first kappa shape index (κ1) is 22.2. The molecule has 1 aromatic carbocycles. The molecule has 4 rings (SSSR count). The van der Waals surface area contributed by atoms with Gasteiger partial charge in [0, 0.05) is 12.5 Å². The lowest BCUT2D eigenvalue weighted by Gasteiger charge is -2.32. The molecule has 0 spiro atoms. The van der Waals surface area contributed by atoms with E-state index in [1.54, 1.807) is 0 Å². The number of hydrogen-bond donors (Lipinski definition) is 2. The number of carbonyl (C=O) groups is 1. The summed E-state index contributed by atoms with van der Waals surface area (Å²) in [7, 11) is -0.382. The second-order valence-corrected chi connectivity index (χ2v) is 10.8. The van der Waals surface area contributed by atoms with Gasteiger partial charge in [-0.15, -0.1) is 0 Å². The van der Waals surface area contributed by atoms with Crippen LogP contribution in [0, 0.1) is 5.92 Å². The molecule has 0 bridgehead atoms. The summed E-state index contributed by atoms with van der Waals surface area (Å²) in [6.45, 7) is 13.8. The molecule has 1 aromatic heterocycles. The van der Waals surface area contributed by atoms with Gasteiger partial charge in [-0.25, -0.2) is 9.78 Å². The number of hydrogen-bond acceptors (Lipinski definition) is 5. The van der Waals surface area contributed by atoms with Crippen LogP contribution < -0.4 is 10.8 Å². The number of ether oxygens (including phenoxy) is 1. The van der Waals surface area contributed by atoms with Crippen LogP contribution in [0.15, 0.2) is 18.2 Å². The number of benzene rings is 1. The Hall–Kier alpha value is -2.06. The smallest absolute Gasteiger partial charge is 0.444 e. The van der Waals surface area contributed by atoms with E-state index in [4.69, 9.17) is 19.0 Å². The van der Waals surface area contributed by atoms with Gasteiger partial charge in [0.15, 0.2) is 0 Å². The summed E-state index contributed by atoms with van der Waals surface area (Å²) < 4.78 is 17.7. The number of imidazole rings is 1. The average molecular weight is 427 g/mol. The summed E-state index contributed by atoms with van der Waals surface area (Å²) in [5, 5.41) is 2.96. The van der Waals surface area contributed by atoms with Crippen LogP contribution in [0.1, 0.15) is 67.1 Å². The molecule has 2 aliphatic rings. The van der Waals surface area contributed by atoms with E-state index >= 15 is 0 Å². The van der Waals surface area contributed by atoms with Crippen LogP contribution in [0.4, 0.5) is 4.79 Å². The standard InChI is InChI=1S/C23H34BN3O4/c1-21(2,3)29-20(28)27-17-12-14(17)8-11-19-25-16-10-9-15(13-18(16)26-19)24-30-22(4,5)23(6,7)31-24/h9-10,13-14,17H,8,11-12H2,1-7H3,(H,25,26)(H,27,28). The highest BCUT2D eigenvalue weighted by molar-refractivity contribution is 6.62. The van der Waals surface area contributed by atoms with Crippen molar-refractivity contribution in [3.05, 3.63) is 24.0 Å². The molecule has 1 amide bonds. The zero-order chi connectivity index (χ0) is 22.6. The summed E-state index contributed by atoms with van der Waals surface area (Å²) >= 11 is 0. The maximum atomic E-state index is 11.9. The van der Waals surface area contributed by atoms with E-state index in [2.05, 4.69) is 44.1 Å². The van der Waals surface area contributed by atoms with Crippen LogP contribution in [0.25, 0.3) is 11.0 Å². The molecule has 31 heavy (non-hydrogen) atoms. The van der Waals surface area contributed by atoms with Crippen LogP contribution in [-0.2, 0) is 20.5 Å². The minimum Gasteiger partial charge on any atom is -0.444 e. The maximum Gasteiger partial charge on any atom is 0.494 e. The van der Waals surface area contributed by atoms with E-state index < -0.39 is 5.60 Å². The Kier molecular flexibility index (Phi) is 5.37. The first-order valence-corrected chi connectivity index (χ1v) is 11.2.